The molecule has 1 unspecified atom stereocenters. The molecule has 0 aromatic carbocycles. The number of carbonyl (C=O) groups excluding carboxylic acids is 1. The van der Waals surface area contributed by atoms with Gasteiger partial charge in [-0.05, 0) is 6.42 Å². The molecular weight excluding hydrogens is 182 g/mol. The van der Waals surface area contributed by atoms with Gasteiger partial charge in [-0.1, -0.05) is 13.3 Å². The number of carbonyl (C=O) groups is 1. The maximum Gasteiger partial charge on any atom is 0.326 e. The molecule has 0 aliphatic rings. The van der Waals surface area contributed by atoms with Crippen molar-refractivity contribution in [1.29, 1.82) is 0 Å². The summed E-state index contributed by atoms with van der Waals surface area (Å²) in [4.78, 5) is 15.1. The molecule has 0 spiro atoms. The molecule has 1 aromatic heterocycles. The molecule has 14 heavy (non-hydrogen) atoms. The number of hydrogen-bond donors (Lipinski definition) is 2. The van der Waals surface area contributed by atoms with Crippen LogP contribution in [0.1, 0.15) is 19.8 Å². The van der Waals surface area contributed by atoms with E-state index in [1.807, 2.05) is 6.92 Å². The summed E-state index contributed by atoms with van der Waals surface area (Å²) in [6.45, 7) is 2.27. The van der Waals surface area contributed by atoms with Crippen molar-refractivity contribution in [3.8, 4) is 0 Å². The van der Waals surface area contributed by atoms with E-state index in [4.69, 9.17) is 0 Å². The van der Waals surface area contributed by atoms with Crippen molar-refractivity contribution >= 4 is 6.03 Å². The fourth-order valence-electron chi connectivity index (χ4n) is 1.11. The van der Waals surface area contributed by atoms with Crippen molar-refractivity contribution in [3.05, 3.63) is 18.7 Å². The van der Waals surface area contributed by atoms with E-state index in [-0.39, 0.29) is 12.6 Å². The average molecular weight is 197 g/mol. The smallest absolute Gasteiger partial charge is 0.326 e. The van der Waals surface area contributed by atoms with Gasteiger partial charge in [0.2, 0.25) is 0 Å². The predicted molar refractivity (Wildman–Crippen MR) is 51.9 cm³/mol. The Morgan fingerprint density at radius 2 is 2.50 bits per heavy atom. The summed E-state index contributed by atoms with van der Waals surface area (Å²) in [7, 11) is 0. The maximum atomic E-state index is 11.3. The molecule has 0 saturated heterocycles. The number of rotatable bonds is 4. The van der Waals surface area contributed by atoms with Crippen molar-refractivity contribution in [1.82, 2.24) is 14.9 Å². The van der Waals surface area contributed by atoms with Crippen LogP contribution in [0.5, 0.6) is 0 Å². The first-order chi connectivity index (χ1) is 6.74. The summed E-state index contributed by atoms with van der Waals surface area (Å²) < 4.78 is 1.33. The number of aliphatic hydroxyl groups excluding tert-OH is 1. The van der Waals surface area contributed by atoms with Gasteiger partial charge in [0.25, 0.3) is 0 Å². The summed E-state index contributed by atoms with van der Waals surface area (Å²) in [6, 6.07) is -0.266. The first-order valence-corrected chi connectivity index (χ1v) is 4.68. The van der Waals surface area contributed by atoms with Gasteiger partial charge in [-0.25, -0.2) is 9.78 Å². The Labute approximate surface area is 82.8 Å². The topological polar surface area (TPSA) is 67.2 Å². The summed E-state index contributed by atoms with van der Waals surface area (Å²) in [5.41, 5.74) is 0. The third-order valence-corrected chi connectivity index (χ3v) is 1.85. The zero-order chi connectivity index (χ0) is 10.4. The van der Waals surface area contributed by atoms with Crippen molar-refractivity contribution in [2.75, 3.05) is 6.54 Å². The van der Waals surface area contributed by atoms with E-state index in [2.05, 4.69) is 10.3 Å². The van der Waals surface area contributed by atoms with Crippen LogP contribution in [0.25, 0.3) is 0 Å². The zero-order valence-corrected chi connectivity index (χ0v) is 8.18. The van der Waals surface area contributed by atoms with Crippen LogP contribution in [0.3, 0.4) is 0 Å². The highest BCUT2D eigenvalue weighted by molar-refractivity contribution is 5.76. The first kappa shape index (κ1) is 10.7. The highest BCUT2D eigenvalue weighted by Gasteiger charge is 2.06. The molecule has 0 fully saturated rings. The summed E-state index contributed by atoms with van der Waals surface area (Å²) >= 11 is 0. The zero-order valence-electron chi connectivity index (χ0n) is 8.18. The van der Waals surface area contributed by atoms with Gasteiger partial charge < -0.3 is 10.4 Å². The van der Waals surface area contributed by atoms with Crippen LogP contribution in [0.2, 0.25) is 0 Å². The Hall–Kier alpha value is -1.36. The van der Waals surface area contributed by atoms with Gasteiger partial charge in [0.05, 0.1) is 6.10 Å². The van der Waals surface area contributed by atoms with Crippen LogP contribution in [0, 0.1) is 0 Å². The Morgan fingerprint density at radius 1 is 1.71 bits per heavy atom. The molecule has 2 N–H and O–H groups in total. The summed E-state index contributed by atoms with van der Waals surface area (Å²) in [5.74, 6) is 0. The SMILES string of the molecule is CCCC(O)CNC(=O)n1ccnc1. The lowest BCUT2D eigenvalue weighted by atomic mass is 10.2. The monoisotopic (exact) mass is 197 g/mol. The van der Waals surface area contributed by atoms with Crippen LogP contribution in [0.4, 0.5) is 4.79 Å². The molecule has 5 nitrogen and oxygen atoms in total. The van der Waals surface area contributed by atoms with Crippen LogP contribution in [-0.4, -0.2) is 33.3 Å². The summed E-state index contributed by atoms with van der Waals surface area (Å²) in [6.07, 6.45) is 5.64. The number of nitrogens with zero attached hydrogens (tertiary/aromatic N) is 2. The third kappa shape index (κ3) is 3.18. The standard InChI is InChI=1S/C9H15N3O2/c1-2-3-8(13)6-11-9(14)12-5-4-10-7-12/h4-5,7-8,13H,2-3,6H2,1H3,(H,11,14). The highest BCUT2D eigenvalue weighted by Crippen LogP contribution is 1.94. The largest absolute Gasteiger partial charge is 0.391 e. The maximum absolute atomic E-state index is 11.3. The quantitative estimate of drug-likeness (QED) is 0.742. The van der Waals surface area contributed by atoms with Crippen LogP contribution >= 0.6 is 0 Å². The van der Waals surface area contributed by atoms with E-state index in [0.717, 1.165) is 6.42 Å². The van der Waals surface area contributed by atoms with Crippen LogP contribution in [0.15, 0.2) is 18.7 Å². The number of amides is 1. The molecule has 0 radical (unpaired) electrons. The number of nitrogens with one attached hydrogen (secondary N) is 1. The molecule has 0 saturated carbocycles. The number of imidazole rings is 1. The van der Waals surface area contributed by atoms with Gasteiger partial charge in [-0.2, -0.15) is 0 Å². The molecule has 0 aliphatic heterocycles. The van der Waals surface area contributed by atoms with E-state index in [1.54, 1.807) is 6.20 Å². The Balaban J connectivity index is 2.28. The second-order valence-corrected chi connectivity index (χ2v) is 3.10. The second kappa shape index (κ2) is 5.39. The van der Waals surface area contributed by atoms with Crippen molar-refractivity contribution in [2.24, 2.45) is 0 Å². The lowest BCUT2D eigenvalue weighted by Crippen LogP contribution is -2.34. The Kier molecular flexibility index (Phi) is 4.12. The highest BCUT2D eigenvalue weighted by atomic mass is 16.3. The lowest BCUT2D eigenvalue weighted by molar-refractivity contribution is 0.160. The van der Waals surface area contributed by atoms with Gasteiger partial charge in [0.1, 0.15) is 6.33 Å². The molecule has 1 heterocycles. The van der Waals surface area contributed by atoms with Crippen LogP contribution < -0.4 is 5.32 Å². The number of aromatic nitrogens is 2. The van der Waals surface area contributed by atoms with Crippen LogP contribution in [-0.2, 0) is 0 Å². The second-order valence-electron chi connectivity index (χ2n) is 3.10. The van der Waals surface area contributed by atoms with E-state index < -0.39 is 6.10 Å². The van der Waals surface area contributed by atoms with E-state index in [0.29, 0.717) is 6.42 Å². The molecular formula is C9H15N3O2. The van der Waals surface area contributed by atoms with Gasteiger partial charge >= 0.3 is 6.03 Å². The molecule has 1 aromatic rings. The lowest BCUT2D eigenvalue weighted by Gasteiger charge is -2.10. The van der Waals surface area contributed by atoms with Crippen molar-refractivity contribution in [2.45, 2.75) is 25.9 Å². The minimum absolute atomic E-state index is 0.266. The van der Waals surface area contributed by atoms with Gasteiger partial charge in [-0.3, -0.25) is 4.57 Å². The number of aliphatic hydroxyl groups is 1. The van der Waals surface area contributed by atoms with E-state index >= 15 is 0 Å². The minimum Gasteiger partial charge on any atom is -0.391 e. The third-order valence-electron chi connectivity index (χ3n) is 1.85. The molecule has 0 bridgehead atoms. The molecule has 1 rings (SSSR count). The molecule has 5 heteroatoms. The Morgan fingerprint density at radius 3 is 3.07 bits per heavy atom. The minimum atomic E-state index is -0.465. The fraction of sp³-hybridized carbons (Fsp3) is 0.556. The molecule has 0 aliphatic carbocycles. The molecule has 1 amide bonds. The van der Waals surface area contributed by atoms with Gasteiger partial charge in [0.15, 0.2) is 0 Å². The summed E-state index contributed by atoms with van der Waals surface area (Å²) in [5, 5.41) is 12.0. The Bertz CT molecular complexity index is 272. The van der Waals surface area contributed by atoms with E-state index in [1.165, 1.54) is 17.1 Å². The first-order valence-electron chi connectivity index (χ1n) is 4.68. The van der Waals surface area contributed by atoms with E-state index in [9.17, 15) is 9.90 Å². The molecule has 1 atom stereocenters. The van der Waals surface area contributed by atoms with Crippen molar-refractivity contribution in [3.63, 3.8) is 0 Å². The fourth-order valence-corrected chi connectivity index (χ4v) is 1.11. The molecule has 78 valence electrons. The van der Waals surface area contributed by atoms with Gasteiger partial charge in [-0.15, -0.1) is 0 Å². The number of hydrogen-bond acceptors (Lipinski definition) is 3. The van der Waals surface area contributed by atoms with Crippen molar-refractivity contribution < 1.29 is 9.90 Å². The predicted octanol–water partition coefficient (Wildman–Crippen LogP) is 0.602. The normalized spacial score (nSPS) is 12.4. The van der Waals surface area contributed by atoms with Gasteiger partial charge in [0, 0.05) is 18.9 Å². The average Bonchev–Trinajstić information content (AvgIpc) is 2.67.